The van der Waals surface area contributed by atoms with Crippen molar-refractivity contribution in [2.75, 3.05) is 38.3 Å². The third-order valence-electron chi connectivity index (χ3n) is 6.20. The van der Waals surface area contributed by atoms with Crippen LogP contribution in [0.4, 0.5) is 10.5 Å². The van der Waals surface area contributed by atoms with Gasteiger partial charge in [-0.15, -0.1) is 0 Å². The minimum absolute atomic E-state index is 0.0784. The van der Waals surface area contributed by atoms with Crippen LogP contribution < -0.4 is 20.3 Å². The number of carbonyl (C=O) groups excluding carboxylic acids is 4. The Morgan fingerprint density at radius 2 is 1.97 bits per heavy atom. The van der Waals surface area contributed by atoms with Crippen LogP contribution in [-0.4, -0.2) is 79.8 Å². The van der Waals surface area contributed by atoms with Gasteiger partial charge in [-0.3, -0.25) is 19.7 Å². The Hall–Kier alpha value is -3.34. The van der Waals surface area contributed by atoms with Gasteiger partial charge in [0.25, 0.3) is 5.91 Å². The molecule has 3 aliphatic rings. The Labute approximate surface area is 204 Å². The molecule has 0 unspecified atom stereocenters. The van der Waals surface area contributed by atoms with Crippen molar-refractivity contribution in [1.82, 2.24) is 15.5 Å². The zero-order valence-electron chi connectivity index (χ0n) is 20.5. The van der Waals surface area contributed by atoms with Crippen molar-refractivity contribution in [3.8, 4) is 5.75 Å². The van der Waals surface area contributed by atoms with Gasteiger partial charge in [0.05, 0.1) is 31.9 Å². The van der Waals surface area contributed by atoms with Gasteiger partial charge in [-0.05, 0) is 33.3 Å². The zero-order chi connectivity index (χ0) is 25.3. The highest BCUT2D eigenvalue weighted by Gasteiger charge is 2.36. The van der Waals surface area contributed by atoms with Gasteiger partial charge in [0.1, 0.15) is 17.4 Å². The highest BCUT2D eigenvalue weighted by atomic mass is 16.6. The molecule has 0 saturated carbocycles. The number of piperazine rings is 1. The van der Waals surface area contributed by atoms with Crippen LogP contribution in [0.1, 0.15) is 49.5 Å². The fourth-order valence-electron chi connectivity index (χ4n) is 4.52. The summed E-state index contributed by atoms with van der Waals surface area (Å²) < 4.78 is 17.0. The lowest BCUT2D eigenvalue weighted by Gasteiger charge is -2.42. The van der Waals surface area contributed by atoms with E-state index in [9.17, 15) is 19.2 Å². The van der Waals surface area contributed by atoms with Crippen molar-refractivity contribution >= 4 is 29.5 Å². The van der Waals surface area contributed by atoms with Crippen LogP contribution in [0.25, 0.3) is 0 Å². The van der Waals surface area contributed by atoms with Gasteiger partial charge in [0.15, 0.2) is 0 Å². The number of benzene rings is 1. The highest BCUT2D eigenvalue weighted by molar-refractivity contribution is 6.04. The molecule has 0 bridgehead atoms. The van der Waals surface area contributed by atoms with Crippen LogP contribution in [0.2, 0.25) is 0 Å². The molecule has 0 aromatic heterocycles. The zero-order valence-corrected chi connectivity index (χ0v) is 20.5. The molecule has 3 aliphatic heterocycles. The third kappa shape index (κ3) is 5.50. The number of anilines is 1. The number of nitrogens with one attached hydrogen (secondary N) is 2. The largest absolute Gasteiger partial charge is 0.496 e. The van der Waals surface area contributed by atoms with E-state index in [1.165, 1.54) is 7.11 Å². The van der Waals surface area contributed by atoms with Crippen LogP contribution in [0.3, 0.4) is 0 Å². The Morgan fingerprint density at radius 3 is 2.66 bits per heavy atom. The van der Waals surface area contributed by atoms with Gasteiger partial charge >= 0.3 is 6.09 Å². The van der Waals surface area contributed by atoms with Gasteiger partial charge in [0.2, 0.25) is 11.8 Å². The monoisotopic (exact) mass is 488 g/mol. The molecular formula is C24H32N4O7. The van der Waals surface area contributed by atoms with Crippen LogP contribution in [0, 0.1) is 0 Å². The summed E-state index contributed by atoms with van der Waals surface area (Å²) in [6.45, 7) is 7.74. The topological polar surface area (TPSA) is 127 Å². The lowest BCUT2D eigenvalue weighted by molar-refractivity contribution is -0.134. The van der Waals surface area contributed by atoms with Gasteiger partial charge < -0.3 is 29.3 Å². The molecule has 0 spiro atoms. The maximum atomic E-state index is 13.0. The molecule has 35 heavy (non-hydrogen) atoms. The molecule has 1 aromatic carbocycles. The summed E-state index contributed by atoms with van der Waals surface area (Å²) in [5.41, 5.74) is 1.41. The summed E-state index contributed by atoms with van der Waals surface area (Å²) >= 11 is 0. The van der Waals surface area contributed by atoms with Crippen molar-refractivity contribution in [3.63, 3.8) is 0 Å². The molecule has 2 saturated heterocycles. The van der Waals surface area contributed by atoms with E-state index in [0.29, 0.717) is 32.0 Å². The smallest absolute Gasteiger partial charge is 0.410 e. The molecule has 3 heterocycles. The van der Waals surface area contributed by atoms with Gasteiger partial charge in [-0.2, -0.15) is 0 Å². The fourth-order valence-corrected chi connectivity index (χ4v) is 4.52. The van der Waals surface area contributed by atoms with E-state index >= 15 is 0 Å². The summed E-state index contributed by atoms with van der Waals surface area (Å²) in [7, 11) is 1.48. The van der Waals surface area contributed by atoms with Crippen LogP contribution >= 0.6 is 0 Å². The molecule has 11 nitrogen and oxygen atoms in total. The number of carbonyl (C=O) groups is 4. The number of nitrogens with zero attached hydrogens (tertiary/aromatic N) is 2. The van der Waals surface area contributed by atoms with E-state index in [0.717, 1.165) is 11.3 Å². The summed E-state index contributed by atoms with van der Waals surface area (Å²) in [4.78, 5) is 52.9. The Bertz CT molecular complexity index is 1040. The molecule has 11 heteroatoms. The van der Waals surface area contributed by atoms with E-state index in [1.54, 1.807) is 17.0 Å². The van der Waals surface area contributed by atoms with Crippen LogP contribution in [0.5, 0.6) is 5.75 Å². The van der Waals surface area contributed by atoms with Crippen molar-refractivity contribution in [2.45, 2.75) is 57.9 Å². The Kier molecular flexibility index (Phi) is 6.88. The first-order valence-corrected chi connectivity index (χ1v) is 11.7. The molecule has 2 N–H and O–H groups in total. The Morgan fingerprint density at radius 1 is 1.20 bits per heavy atom. The summed E-state index contributed by atoms with van der Waals surface area (Å²) in [6, 6.07) is 2.66. The SMILES string of the molecule is COc1cc2c(cc1C(=O)N[C@H]1CCC(=O)NC1=O)COC[C@H]1CN(C(=O)OC(C)(C)C)CCN21. The Balaban J connectivity index is 1.53. The molecule has 4 rings (SSSR count). The minimum Gasteiger partial charge on any atom is -0.496 e. The molecular weight excluding hydrogens is 456 g/mol. The number of amides is 4. The van der Waals surface area contributed by atoms with Gasteiger partial charge in [0, 0.05) is 43.4 Å². The molecule has 2 atom stereocenters. The molecule has 0 aliphatic carbocycles. The average molecular weight is 489 g/mol. The number of piperidine rings is 1. The molecule has 0 radical (unpaired) electrons. The predicted octanol–water partition coefficient (Wildman–Crippen LogP) is 1.19. The lowest BCUT2D eigenvalue weighted by Crippen LogP contribution is -2.57. The maximum absolute atomic E-state index is 13.0. The van der Waals surface area contributed by atoms with E-state index in [1.807, 2.05) is 20.8 Å². The maximum Gasteiger partial charge on any atom is 0.410 e. The number of ether oxygens (including phenoxy) is 3. The predicted molar refractivity (Wildman–Crippen MR) is 125 cm³/mol. The van der Waals surface area contributed by atoms with E-state index in [-0.39, 0.29) is 43.1 Å². The quantitative estimate of drug-likeness (QED) is 0.608. The van der Waals surface area contributed by atoms with E-state index in [4.69, 9.17) is 14.2 Å². The fraction of sp³-hybridized carbons (Fsp3) is 0.583. The molecule has 2 fully saturated rings. The summed E-state index contributed by atoms with van der Waals surface area (Å²) in [6.07, 6.45) is 0.0680. The van der Waals surface area contributed by atoms with Crippen molar-refractivity contribution < 1.29 is 33.4 Å². The first kappa shape index (κ1) is 24.8. The van der Waals surface area contributed by atoms with E-state index < -0.39 is 23.5 Å². The van der Waals surface area contributed by atoms with E-state index in [2.05, 4.69) is 15.5 Å². The van der Waals surface area contributed by atoms with Gasteiger partial charge in [-0.1, -0.05) is 0 Å². The number of fused-ring (bicyclic) bond motifs is 3. The second-order valence-corrected chi connectivity index (χ2v) is 9.95. The second-order valence-electron chi connectivity index (χ2n) is 9.95. The van der Waals surface area contributed by atoms with Gasteiger partial charge in [-0.25, -0.2) is 4.79 Å². The standard InChI is InChI=1S/C24H32N4O7/c1-24(2,3)35-23(32)27-7-8-28-15(11-27)13-34-12-14-9-16(19(33-4)10-18(14)28)21(30)25-17-5-6-20(29)26-22(17)31/h9-10,15,17H,5-8,11-13H2,1-4H3,(H,25,30)(H,26,29,31)/t15-,17+/m1/s1. The van der Waals surface area contributed by atoms with Crippen molar-refractivity contribution in [2.24, 2.45) is 0 Å². The number of imide groups is 1. The van der Waals surface area contributed by atoms with Crippen LogP contribution in [-0.2, 0) is 25.7 Å². The number of rotatable bonds is 3. The first-order valence-electron chi connectivity index (χ1n) is 11.7. The number of hydrogen-bond acceptors (Lipinski definition) is 8. The minimum atomic E-state index is -0.787. The van der Waals surface area contributed by atoms with Crippen LogP contribution in [0.15, 0.2) is 12.1 Å². The average Bonchev–Trinajstić information content (AvgIpc) is 2.97. The molecule has 4 amide bonds. The highest BCUT2D eigenvalue weighted by Crippen LogP contribution is 2.35. The molecule has 1 aromatic rings. The third-order valence-corrected chi connectivity index (χ3v) is 6.20. The summed E-state index contributed by atoms with van der Waals surface area (Å²) in [5, 5.41) is 4.94. The second kappa shape index (κ2) is 9.73. The normalized spacial score (nSPS) is 22.4. The van der Waals surface area contributed by atoms with Crippen molar-refractivity contribution in [3.05, 3.63) is 23.3 Å². The lowest BCUT2D eigenvalue weighted by atomic mass is 10.0. The van der Waals surface area contributed by atoms with Crippen molar-refractivity contribution in [1.29, 1.82) is 0 Å². The number of methoxy groups -OCH3 is 1. The number of hydrogen-bond donors (Lipinski definition) is 2. The first-order chi connectivity index (χ1) is 16.6. The summed E-state index contributed by atoms with van der Waals surface area (Å²) in [5.74, 6) is -0.961. The molecule has 190 valence electrons.